The minimum absolute atomic E-state index is 0.0951. The summed E-state index contributed by atoms with van der Waals surface area (Å²) in [5, 5.41) is 0. The van der Waals surface area contributed by atoms with Crippen molar-refractivity contribution in [3.05, 3.63) is 0 Å². The first-order chi connectivity index (χ1) is 5.65. The number of hydrogen-bond acceptors (Lipinski definition) is 4. The van der Waals surface area contributed by atoms with Crippen molar-refractivity contribution in [1.82, 2.24) is 4.90 Å². The fraction of sp³-hybridized carbons (Fsp3) is 0.714. The molecule has 0 aromatic heterocycles. The quantitative estimate of drug-likeness (QED) is 0.524. The second-order valence-corrected chi connectivity index (χ2v) is 2.92. The molecule has 68 valence electrons. The minimum Gasteiger partial charge on any atom is -0.357 e. The molecule has 0 radical (unpaired) electrons. The van der Waals surface area contributed by atoms with Crippen molar-refractivity contribution < 1.29 is 14.4 Å². The number of rotatable bonds is 0. The van der Waals surface area contributed by atoms with E-state index in [1.807, 2.05) is 0 Å². The summed E-state index contributed by atoms with van der Waals surface area (Å²) in [5.41, 5.74) is 0. The van der Waals surface area contributed by atoms with Crippen molar-refractivity contribution in [3.63, 3.8) is 0 Å². The molecule has 1 heterocycles. The molecular formula is C7H12N2O3. The van der Waals surface area contributed by atoms with Crippen LogP contribution in [0.1, 0.15) is 19.8 Å². The van der Waals surface area contributed by atoms with E-state index in [1.165, 1.54) is 4.90 Å². The van der Waals surface area contributed by atoms with Crippen LogP contribution >= 0.6 is 0 Å². The molecule has 1 unspecified atom stereocenters. The summed E-state index contributed by atoms with van der Waals surface area (Å²) in [6.45, 7) is 2.21. The maximum Gasteiger partial charge on any atom is 0.428 e. The van der Waals surface area contributed by atoms with Gasteiger partial charge in [-0.1, -0.05) is 0 Å². The molecule has 1 aliphatic heterocycles. The van der Waals surface area contributed by atoms with Crippen molar-refractivity contribution in [2.24, 2.45) is 5.90 Å². The highest BCUT2D eigenvalue weighted by molar-refractivity contribution is 5.82. The van der Waals surface area contributed by atoms with Crippen LogP contribution < -0.4 is 5.90 Å². The fourth-order valence-electron chi connectivity index (χ4n) is 1.35. The largest absolute Gasteiger partial charge is 0.428 e. The van der Waals surface area contributed by atoms with Gasteiger partial charge in [0.05, 0.1) is 0 Å². The monoisotopic (exact) mass is 172 g/mol. The van der Waals surface area contributed by atoms with Gasteiger partial charge in [0, 0.05) is 25.4 Å². The zero-order valence-electron chi connectivity index (χ0n) is 6.95. The molecule has 1 saturated heterocycles. The van der Waals surface area contributed by atoms with Gasteiger partial charge >= 0.3 is 6.09 Å². The highest BCUT2D eigenvalue weighted by Crippen LogP contribution is 2.13. The van der Waals surface area contributed by atoms with Gasteiger partial charge in [0.25, 0.3) is 0 Å². The molecule has 0 aromatic rings. The van der Waals surface area contributed by atoms with Crippen molar-refractivity contribution in [2.45, 2.75) is 25.8 Å². The summed E-state index contributed by atoms with van der Waals surface area (Å²) < 4.78 is 0. The van der Waals surface area contributed by atoms with E-state index in [1.54, 1.807) is 6.92 Å². The summed E-state index contributed by atoms with van der Waals surface area (Å²) in [7, 11) is 0. The lowest BCUT2D eigenvalue weighted by molar-refractivity contribution is -0.122. The Balaban J connectivity index is 2.56. The highest BCUT2D eigenvalue weighted by atomic mass is 16.7. The third-order valence-corrected chi connectivity index (χ3v) is 2.02. The zero-order chi connectivity index (χ0) is 9.14. The number of carbonyl (C=O) groups is 2. The van der Waals surface area contributed by atoms with Crippen LogP contribution in [-0.2, 0) is 9.63 Å². The van der Waals surface area contributed by atoms with E-state index in [0.717, 1.165) is 0 Å². The van der Waals surface area contributed by atoms with E-state index < -0.39 is 6.09 Å². The first-order valence-corrected chi connectivity index (χ1v) is 3.84. The summed E-state index contributed by atoms with van der Waals surface area (Å²) in [5.74, 6) is 4.91. The van der Waals surface area contributed by atoms with Gasteiger partial charge in [-0.25, -0.2) is 4.79 Å². The van der Waals surface area contributed by atoms with E-state index in [9.17, 15) is 9.59 Å². The lowest BCUT2D eigenvalue weighted by atomic mass is 10.0. The predicted octanol–water partition coefficient (Wildman–Crippen LogP) is 0.0501. The van der Waals surface area contributed by atoms with E-state index in [0.29, 0.717) is 19.4 Å². The number of ketones is 1. The summed E-state index contributed by atoms with van der Waals surface area (Å²) in [6.07, 6.45) is 0.240. The normalized spacial score (nSPS) is 24.0. The first-order valence-electron chi connectivity index (χ1n) is 3.84. The molecule has 0 aliphatic carbocycles. The highest BCUT2D eigenvalue weighted by Gasteiger charge is 2.27. The molecule has 5 nitrogen and oxygen atoms in total. The molecule has 2 N–H and O–H groups in total. The maximum atomic E-state index is 11.0. The van der Waals surface area contributed by atoms with Gasteiger partial charge in [0.2, 0.25) is 0 Å². The average Bonchev–Trinajstić information content (AvgIpc) is 2.03. The molecule has 12 heavy (non-hydrogen) atoms. The third kappa shape index (κ3) is 1.73. The summed E-state index contributed by atoms with van der Waals surface area (Å²) >= 11 is 0. The summed E-state index contributed by atoms with van der Waals surface area (Å²) in [6, 6.07) is -0.0951. The van der Waals surface area contributed by atoms with Crippen LogP contribution in [0.25, 0.3) is 0 Å². The Kier molecular flexibility index (Phi) is 2.65. The van der Waals surface area contributed by atoms with Crippen LogP contribution in [-0.4, -0.2) is 29.4 Å². The summed E-state index contributed by atoms with van der Waals surface area (Å²) in [4.78, 5) is 27.4. The Labute approximate surface area is 70.4 Å². The molecule has 1 amide bonds. The topological polar surface area (TPSA) is 72.6 Å². The number of Topliss-reactive ketones (excluding diaryl/α,β-unsaturated/α-hetero) is 1. The SMILES string of the molecule is CC1CC(=O)CCN1C(=O)ON. The second kappa shape index (κ2) is 3.53. The Morgan fingerprint density at radius 3 is 2.92 bits per heavy atom. The Bertz CT molecular complexity index is 205. The van der Waals surface area contributed by atoms with Gasteiger partial charge in [0.15, 0.2) is 0 Å². The molecule has 1 fully saturated rings. The number of piperidine rings is 1. The molecule has 0 bridgehead atoms. The van der Waals surface area contributed by atoms with E-state index in [4.69, 9.17) is 5.90 Å². The third-order valence-electron chi connectivity index (χ3n) is 2.02. The molecular weight excluding hydrogens is 160 g/mol. The molecule has 0 aromatic carbocycles. The minimum atomic E-state index is -0.560. The Hall–Kier alpha value is -1.10. The van der Waals surface area contributed by atoms with Crippen LogP contribution in [0.15, 0.2) is 0 Å². The predicted molar refractivity (Wildman–Crippen MR) is 41.1 cm³/mol. The number of nitrogens with two attached hydrogens (primary N) is 1. The van der Waals surface area contributed by atoms with Gasteiger partial charge in [-0.2, -0.15) is 5.90 Å². The van der Waals surface area contributed by atoms with Crippen LogP contribution in [0.2, 0.25) is 0 Å². The van der Waals surface area contributed by atoms with E-state index in [-0.39, 0.29) is 11.8 Å². The van der Waals surface area contributed by atoms with Gasteiger partial charge < -0.3 is 9.74 Å². The lowest BCUT2D eigenvalue weighted by Gasteiger charge is -2.30. The number of carbonyl (C=O) groups excluding carboxylic acids is 2. The number of nitrogens with zero attached hydrogens (tertiary/aromatic N) is 1. The number of hydrogen-bond donors (Lipinski definition) is 1. The molecule has 0 saturated carbocycles. The second-order valence-electron chi connectivity index (χ2n) is 2.92. The van der Waals surface area contributed by atoms with Gasteiger partial charge in [-0.3, -0.25) is 4.79 Å². The lowest BCUT2D eigenvalue weighted by Crippen LogP contribution is -2.45. The number of likely N-dealkylation sites (tertiary alicyclic amines) is 1. The van der Waals surface area contributed by atoms with Crippen LogP contribution in [0, 0.1) is 0 Å². The molecule has 0 spiro atoms. The van der Waals surface area contributed by atoms with Crippen molar-refractivity contribution in [1.29, 1.82) is 0 Å². The van der Waals surface area contributed by atoms with Gasteiger partial charge in [0.1, 0.15) is 5.78 Å². The van der Waals surface area contributed by atoms with Crippen molar-refractivity contribution >= 4 is 11.9 Å². The zero-order valence-corrected chi connectivity index (χ0v) is 6.95. The Morgan fingerprint density at radius 1 is 1.75 bits per heavy atom. The smallest absolute Gasteiger partial charge is 0.357 e. The van der Waals surface area contributed by atoms with Crippen molar-refractivity contribution in [3.8, 4) is 0 Å². The van der Waals surface area contributed by atoms with E-state index in [2.05, 4.69) is 4.84 Å². The van der Waals surface area contributed by atoms with Crippen LogP contribution in [0.3, 0.4) is 0 Å². The van der Waals surface area contributed by atoms with E-state index >= 15 is 0 Å². The maximum absolute atomic E-state index is 11.0. The average molecular weight is 172 g/mol. The van der Waals surface area contributed by atoms with Crippen molar-refractivity contribution in [2.75, 3.05) is 6.54 Å². The molecule has 1 atom stereocenters. The number of amides is 1. The van der Waals surface area contributed by atoms with Gasteiger partial charge in [-0.15, -0.1) is 0 Å². The van der Waals surface area contributed by atoms with Gasteiger partial charge in [-0.05, 0) is 6.92 Å². The standard InChI is InChI=1S/C7H12N2O3/c1-5-4-6(10)2-3-9(5)7(11)12-8/h5H,2-4,8H2,1H3. The molecule has 1 aliphatic rings. The molecule has 5 heteroatoms. The van der Waals surface area contributed by atoms with Crippen LogP contribution in [0.4, 0.5) is 4.79 Å². The fourth-order valence-corrected chi connectivity index (χ4v) is 1.35. The Morgan fingerprint density at radius 2 is 2.42 bits per heavy atom. The first kappa shape index (κ1) is 8.99. The molecule has 1 rings (SSSR count). The van der Waals surface area contributed by atoms with Crippen LogP contribution in [0.5, 0.6) is 0 Å².